The predicted molar refractivity (Wildman–Crippen MR) is 92.4 cm³/mol. The van der Waals surface area contributed by atoms with E-state index in [4.69, 9.17) is 25.8 Å². The molecule has 0 aliphatic carbocycles. The molecule has 0 saturated carbocycles. The summed E-state index contributed by atoms with van der Waals surface area (Å²) in [5.41, 5.74) is 1.50. The third-order valence-corrected chi connectivity index (χ3v) is 3.77. The number of carbonyl (C=O) groups is 1. The largest absolute Gasteiger partial charge is 0.495 e. The molecule has 0 fully saturated rings. The Morgan fingerprint density at radius 3 is 3.00 bits per heavy atom. The lowest BCUT2D eigenvalue weighted by Gasteiger charge is -2.19. The molecule has 5 nitrogen and oxygen atoms in total. The number of benzene rings is 2. The minimum atomic E-state index is -0.426. The average Bonchev–Trinajstić information content (AvgIpc) is 2.59. The Balaban J connectivity index is 1.80. The first-order valence-electron chi connectivity index (χ1n) is 7.42. The normalized spacial score (nSPS) is 13.2. The summed E-state index contributed by atoms with van der Waals surface area (Å²) in [7, 11) is 1.49. The molecule has 0 unspecified atom stereocenters. The lowest BCUT2D eigenvalue weighted by molar-refractivity contribution is -0.111. The van der Waals surface area contributed by atoms with E-state index in [0.717, 1.165) is 0 Å². The van der Waals surface area contributed by atoms with Crippen molar-refractivity contribution in [1.82, 2.24) is 0 Å². The monoisotopic (exact) mass is 363 g/mol. The van der Waals surface area contributed by atoms with Gasteiger partial charge in [-0.05, 0) is 36.4 Å². The van der Waals surface area contributed by atoms with Gasteiger partial charge in [0, 0.05) is 22.2 Å². The van der Waals surface area contributed by atoms with Gasteiger partial charge in [-0.25, -0.2) is 4.39 Å². The summed E-state index contributed by atoms with van der Waals surface area (Å²) in [6.45, 7) is 0.352. The molecule has 1 amide bonds. The van der Waals surface area contributed by atoms with Crippen LogP contribution in [0.3, 0.4) is 0 Å². The van der Waals surface area contributed by atoms with Crippen LogP contribution in [-0.4, -0.2) is 19.8 Å². The summed E-state index contributed by atoms with van der Waals surface area (Å²) in [5.74, 6) is 0.154. The molecule has 25 heavy (non-hydrogen) atoms. The highest BCUT2D eigenvalue weighted by Crippen LogP contribution is 2.31. The Kier molecular flexibility index (Phi) is 5.21. The number of hydrogen-bond acceptors (Lipinski definition) is 4. The van der Waals surface area contributed by atoms with E-state index in [2.05, 4.69) is 5.32 Å². The van der Waals surface area contributed by atoms with Crippen molar-refractivity contribution in [3.05, 3.63) is 58.4 Å². The van der Waals surface area contributed by atoms with Crippen LogP contribution >= 0.6 is 11.6 Å². The molecule has 3 rings (SSSR count). The second-order valence-corrected chi connectivity index (χ2v) is 5.70. The van der Waals surface area contributed by atoms with Gasteiger partial charge in [0.1, 0.15) is 17.3 Å². The van der Waals surface area contributed by atoms with Crippen molar-refractivity contribution in [3.8, 4) is 11.5 Å². The number of halogens is 2. The number of nitrogens with one attached hydrogen (secondary N) is 1. The predicted octanol–water partition coefficient (Wildman–Crippen LogP) is 4.01. The molecule has 7 heteroatoms. The Labute approximate surface area is 149 Å². The molecule has 1 heterocycles. The van der Waals surface area contributed by atoms with Crippen LogP contribution in [0.5, 0.6) is 11.5 Å². The quantitative estimate of drug-likeness (QED) is 0.834. The van der Waals surface area contributed by atoms with E-state index in [1.165, 1.54) is 31.4 Å². The van der Waals surface area contributed by atoms with Crippen LogP contribution in [0, 0.1) is 5.82 Å². The number of amides is 1. The number of carbonyl (C=O) groups excluding carboxylic acids is 1. The molecule has 1 aliphatic heterocycles. The van der Waals surface area contributed by atoms with E-state index in [0.29, 0.717) is 33.3 Å². The van der Waals surface area contributed by atoms with Crippen LogP contribution < -0.4 is 14.8 Å². The number of methoxy groups -OCH3 is 1. The van der Waals surface area contributed by atoms with Gasteiger partial charge in [0.2, 0.25) is 5.91 Å². The molecular formula is C18H15ClFNO4. The fraction of sp³-hybridized carbons (Fsp3) is 0.167. The van der Waals surface area contributed by atoms with Crippen LogP contribution in [0.2, 0.25) is 5.02 Å². The molecule has 0 radical (unpaired) electrons. The van der Waals surface area contributed by atoms with E-state index < -0.39 is 11.7 Å². The minimum absolute atomic E-state index is 0.0887. The van der Waals surface area contributed by atoms with E-state index >= 15 is 0 Å². The zero-order chi connectivity index (χ0) is 17.8. The van der Waals surface area contributed by atoms with Gasteiger partial charge in [0.15, 0.2) is 6.79 Å². The van der Waals surface area contributed by atoms with Gasteiger partial charge < -0.3 is 19.5 Å². The fourth-order valence-electron chi connectivity index (χ4n) is 2.45. The molecule has 2 aromatic rings. The molecule has 130 valence electrons. The molecule has 0 bridgehead atoms. The third-order valence-electron chi connectivity index (χ3n) is 3.54. The zero-order valence-electron chi connectivity index (χ0n) is 13.3. The highest BCUT2D eigenvalue weighted by atomic mass is 35.5. The fourth-order valence-corrected chi connectivity index (χ4v) is 2.62. The first kappa shape index (κ1) is 17.3. The average molecular weight is 364 g/mol. The maximum atomic E-state index is 13.7. The first-order chi connectivity index (χ1) is 12.1. The van der Waals surface area contributed by atoms with Crippen LogP contribution in [-0.2, 0) is 16.1 Å². The van der Waals surface area contributed by atoms with Crippen molar-refractivity contribution in [3.63, 3.8) is 0 Å². The standard InChI is InChI=1S/C18H15ClFNO4/c1-23-16-4-3-13(19)8-15(16)21-17(22)5-2-11-6-14(20)7-12-9-24-10-25-18(11)12/h2-8H,9-10H2,1H3,(H,21,22). The van der Waals surface area contributed by atoms with Crippen molar-refractivity contribution >= 4 is 29.3 Å². The third kappa shape index (κ3) is 4.10. The molecule has 0 aromatic heterocycles. The summed E-state index contributed by atoms with van der Waals surface area (Å²) in [6.07, 6.45) is 2.77. The number of hydrogen-bond donors (Lipinski definition) is 1. The maximum Gasteiger partial charge on any atom is 0.248 e. The summed E-state index contributed by atoms with van der Waals surface area (Å²) < 4.78 is 29.4. The van der Waals surface area contributed by atoms with Gasteiger partial charge in [0.25, 0.3) is 0 Å². The smallest absolute Gasteiger partial charge is 0.248 e. The van der Waals surface area contributed by atoms with Crippen molar-refractivity contribution in [1.29, 1.82) is 0 Å². The number of rotatable bonds is 4. The molecule has 1 aliphatic rings. The van der Waals surface area contributed by atoms with Crippen molar-refractivity contribution in [2.45, 2.75) is 6.61 Å². The Morgan fingerprint density at radius 2 is 2.20 bits per heavy atom. The van der Waals surface area contributed by atoms with Crippen molar-refractivity contribution < 1.29 is 23.4 Å². The molecular weight excluding hydrogens is 349 g/mol. The lowest BCUT2D eigenvalue weighted by Crippen LogP contribution is -2.13. The topological polar surface area (TPSA) is 56.8 Å². The molecule has 0 atom stereocenters. The van der Waals surface area contributed by atoms with Gasteiger partial charge in [-0.15, -0.1) is 0 Å². The molecule has 0 saturated heterocycles. The first-order valence-corrected chi connectivity index (χ1v) is 7.80. The van der Waals surface area contributed by atoms with Gasteiger partial charge in [-0.1, -0.05) is 11.6 Å². The van der Waals surface area contributed by atoms with Crippen LogP contribution in [0.1, 0.15) is 11.1 Å². The Hall–Kier alpha value is -2.57. The highest BCUT2D eigenvalue weighted by molar-refractivity contribution is 6.31. The van der Waals surface area contributed by atoms with E-state index in [9.17, 15) is 9.18 Å². The molecule has 1 N–H and O–H groups in total. The summed E-state index contributed by atoms with van der Waals surface area (Å²) in [6, 6.07) is 7.54. The Bertz CT molecular complexity index is 838. The van der Waals surface area contributed by atoms with Crippen molar-refractivity contribution in [2.24, 2.45) is 0 Å². The van der Waals surface area contributed by atoms with E-state index in [-0.39, 0.29) is 13.4 Å². The Morgan fingerprint density at radius 1 is 1.36 bits per heavy atom. The van der Waals surface area contributed by atoms with Crippen LogP contribution in [0.15, 0.2) is 36.4 Å². The highest BCUT2D eigenvalue weighted by Gasteiger charge is 2.16. The number of fused-ring (bicyclic) bond motifs is 1. The summed E-state index contributed by atoms with van der Waals surface area (Å²) in [5, 5.41) is 3.14. The van der Waals surface area contributed by atoms with Crippen LogP contribution in [0.25, 0.3) is 6.08 Å². The van der Waals surface area contributed by atoms with E-state index in [1.807, 2.05) is 0 Å². The maximum absolute atomic E-state index is 13.7. The summed E-state index contributed by atoms with van der Waals surface area (Å²) >= 11 is 5.93. The minimum Gasteiger partial charge on any atom is -0.495 e. The molecule has 0 spiro atoms. The van der Waals surface area contributed by atoms with E-state index in [1.54, 1.807) is 18.2 Å². The number of ether oxygens (including phenoxy) is 3. The van der Waals surface area contributed by atoms with Gasteiger partial charge in [-0.3, -0.25) is 4.79 Å². The van der Waals surface area contributed by atoms with Crippen LogP contribution in [0.4, 0.5) is 10.1 Å². The summed E-state index contributed by atoms with van der Waals surface area (Å²) in [4.78, 5) is 12.2. The van der Waals surface area contributed by atoms with Crippen molar-refractivity contribution in [2.75, 3.05) is 19.2 Å². The number of anilines is 1. The second-order valence-electron chi connectivity index (χ2n) is 5.26. The zero-order valence-corrected chi connectivity index (χ0v) is 14.1. The van der Waals surface area contributed by atoms with Gasteiger partial charge in [0.05, 0.1) is 19.4 Å². The molecule has 2 aromatic carbocycles. The lowest BCUT2D eigenvalue weighted by atomic mass is 10.1. The van der Waals surface area contributed by atoms with Gasteiger partial charge >= 0.3 is 0 Å². The SMILES string of the molecule is COc1ccc(Cl)cc1NC(=O)C=Cc1cc(F)cc2c1OCOC2. The van der Waals surface area contributed by atoms with Gasteiger partial charge in [-0.2, -0.15) is 0 Å². The second kappa shape index (κ2) is 7.55.